The van der Waals surface area contributed by atoms with Gasteiger partial charge in [-0.3, -0.25) is 14.4 Å². The van der Waals surface area contributed by atoms with Gasteiger partial charge in [-0.05, 0) is 23.1 Å². The van der Waals surface area contributed by atoms with E-state index in [0.717, 1.165) is 0 Å². The van der Waals surface area contributed by atoms with E-state index in [9.17, 15) is 14.4 Å². The fraction of sp³-hybridized carbons (Fsp3) is 0.500. The maximum Gasteiger partial charge on any atom is 0.309 e. The Bertz CT molecular complexity index is 590. The molecule has 0 fully saturated rings. The summed E-state index contributed by atoms with van der Waals surface area (Å²) in [6, 6.07) is 7.70. The summed E-state index contributed by atoms with van der Waals surface area (Å²) in [6.45, 7) is 5.97. The number of amides is 2. The van der Waals surface area contributed by atoms with E-state index >= 15 is 0 Å². The van der Waals surface area contributed by atoms with Gasteiger partial charge in [0.25, 0.3) is 5.91 Å². The third-order valence-corrected chi connectivity index (χ3v) is 3.38. The number of benzene rings is 1. The van der Waals surface area contributed by atoms with Crippen molar-refractivity contribution in [3.05, 3.63) is 29.8 Å². The quantitative estimate of drug-likeness (QED) is 0.686. The van der Waals surface area contributed by atoms with Crippen molar-refractivity contribution in [3.63, 3.8) is 0 Å². The molecule has 1 aromatic rings. The predicted octanol–water partition coefficient (Wildman–Crippen LogP) is 1.16. The van der Waals surface area contributed by atoms with Gasteiger partial charge in [-0.15, -0.1) is 0 Å². The number of carbonyl (C=O) groups is 3. The summed E-state index contributed by atoms with van der Waals surface area (Å²) in [5, 5.41) is 4.69. The average Bonchev–Trinajstić information content (AvgIpc) is 2.57. The Balaban J connectivity index is 2.24. The molecule has 25 heavy (non-hydrogen) atoms. The molecule has 7 heteroatoms. The second kappa shape index (κ2) is 9.66. The Kier molecular flexibility index (Phi) is 7.91. The van der Waals surface area contributed by atoms with Crippen molar-refractivity contribution in [2.75, 3.05) is 26.8 Å². The lowest BCUT2D eigenvalue weighted by Gasteiger charge is -2.19. The molecule has 0 aliphatic rings. The molecular formula is C18H26N2O5. The number of rotatable bonds is 8. The summed E-state index contributed by atoms with van der Waals surface area (Å²) in [7, 11) is 1.46. The van der Waals surface area contributed by atoms with Crippen LogP contribution in [0.4, 0.5) is 0 Å². The molecule has 0 heterocycles. The highest BCUT2D eigenvalue weighted by Gasteiger charge is 2.13. The molecule has 0 aromatic heterocycles. The lowest BCUT2D eigenvalue weighted by molar-refractivity contribution is -0.149. The minimum absolute atomic E-state index is 0.0315. The minimum atomic E-state index is -0.540. The zero-order valence-corrected chi connectivity index (χ0v) is 15.2. The van der Waals surface area contributed by atoms with Crippen LogP contribution in [0.2, 0.25) is 0 Å². The summed E-state index contributed by atoms with van der Waals surface area (Å²) in [5.74, 6) is -0.730. The van der Waals surface area contributed by atoms with Gasteiger partial charge in [-0.25, -0.2) is 0 Å². The number of hydrogen-bond acceptors (Lipinski definition) is 5. The second-order valence-corrected chi connectivity index (χ2v) is 6.48. The lowest BCUT2D eigenvalue weighted by atomic mass is 9.87. The third-order valence-electron chi connectivity index (χ3n) is 3.38. The summed E-state index contributed by atoms with van der Waals surface area (Å²) in [4.78, 5) is 33.9. The van der Waals surface area contributed by atoms with Crippen LogP contribution in [0.3, 0.4) is 0 Å². The van der Waals surface area contributed by atoms with Gasteiger partial charge < -0.3 is 20.1 Å². The Labute approximate surface area is 148 Å². The molecule has 0 unspecified atom stereocenters. The normalized spacial score (nSPS) is 10.7. The highest BCUT2D eigenvalue weighted by Crippen LogP contribution is 2.24. The van der Waals surface area contributed by atoms with Crippen molar-refractivity contribution in [2.24, 2.45) is 0 Å². The SMILES string of the molecule is CNC(=O)CNC(=O)COC(=O)CCOc1ccc(C(C)(C)C)cc1. The first-order valence-corrected chi connectivity index (χ1v) is 8.08. The second-order valence-electron chi connectivity index (χ2n) is 6.48. The fourth-order valence-corrected chi connectivity index (χ4v) is 1.84. The first-order valence-electron chi connectivity index (χ1n) is 8.08. The summed E-state index contributed by atoms with van der Waals surface area (Å²) < 4.78 is 10.3. The van der Waals surface area contributed by atoms with Gasteiger partial charge in [0.1, 0.15) is 5.75 Å². The lowest BCUT2D eigenvalue weighted by Crippen LogP contribution is -2.37. The van der Waals surface area contributed by atoms with E-state index in [2.05, 4.69) is 31.4 Å². The Hall–Kier alpha value is -2.57. The number of carbonyl (C=O) groups excluding carboxylic acids is 3. The van der Waals surface area contributed by atoms with E-state index in [-0.39, 0.29) is 30.9 Å². The van der Waals surface area contributed by atoms with Crippen LogP contribution < -0.4 is 15.4 Å². The highest BCUT2D eigenvalue weighted by molar-refractivity contribution is 5.86. The van der Waals surface area contributed by atoms with Crippen LogP contribution in [0.5, 0.6) is 5.75 Å². The van der Waals surface area contributed by atoms with Crippen LogP contribution in [0.1, 0.15) is 32.8 Å². The maximum absolute atomic E-state index is 11.6. The molecular weight excluding hydrogens is 324 g/mol. The molecule has 2 amide bonds. The van der Waals surface area contributed by atoms with E-state index in [1.54, 1.807) is 0 Å². The van der Waals surface area contributed by atoms with Crippen LogP contribution in [-0.4, -0.2) is 44.6 Å². The largest absolute Gasteiger partial charge is 0.493 e. The molecule has 0 saturated heterocycles. The molecule has 0 aliphatic heterocycles. The van der Waals surface area contributed by atoms with Crippen molar-refractivity contribution in [1.29, 1.82) is 0 Å². The van der Waals surface area contributed by atoms with Crippen molar-refractivity contribution >= 4 is 17.8 Å². The van der Waals surface area contributed by atoms with E-state index in [0.29, 0.717) is 5.75 Å². The summed E-state index contributed by atoms with van der Waals surface area (Å²) >= 11 is 0. The number of likely N-dealkylation sites (N-methyl/N-ethyl adjacent to an activating group) is 1. The smallest absolute Gasteiger partial charge is 0.309 e. The molecule has 2 N–H and O–H groups in total. The first kappa shape index (κ1) is 20.5. The number of ether oxygens (including phenoxy) is 2. The molecule has 7 nitrogen and oxygen atoms in total. The molecule has 138 valence electrons. The van der Waals surface area contributed by atoms with Crippen LogP contribution >= 0.6 is 0 Å². The monoisotopic (exact) mass is 350 g/mol. The molecule has 0 saturated carbocycles. The zero-order chi connectivity index (χ0) is 18.9. The third kappa shape index (κ3) is 8.19. The Morgan fingerprint density at radius 3 is 2.24 bits per heavy atom. The molecule has 1 aromatic carbocycles. The Morgan fingerprint density at radius 2 is 1.68 bits per heavy atom. The number of esters is 1. The number of hydrogen-bond donors (Lipinski definition) is 2. The van der Waals surface area contributed by atoms with E-state index < -0.39 is 18.5 Å². The van der Waals surface area contributed by atoms with Crippen molar-refractivity contribution in [1.82, 2.24) is 10.6 Å². The molecule has 0 bridgehead atoms. The maximum atomic E-state index is 11.6. The minimum Gasteiger partial charge on any atom is -0.493 e. The van der Waals surface area contributed by atoms with Crippen molar-refractivity contribution in [2.45, 2.75) is 32.6 Å². The predicted molar refractivity (Wildman–Crippen MR) is 93.3 cm³/mol. The molecule has 0 atom stereocenters. The molecule has 0 radical (unpaired) electrons. The standard InChI is InChI=1S/C18H26N2O5/c1-18(2,3)13-5-7-14(8-6-13)24-10-9-17(23)25-12-16(22)20-11-15(21)19-4/h5-8H,9-12H2,1-4H3,(H,19,21)(H,20,22). The van der Waals surface area contributed by atoms with Gasteiger partial charge >= 0.3 is 5.97 Å². The first-order chi connectivity index (χ1) is 11.7. The van der Waals surface area contributed by atoms with Gasteiger partial charge in [0.2, 0.25) is 5.91 Å². The Morgan fingerprint density at radius 1 is 1.04 bits per heavy atom. The van der Waals surface area contributed by atoms with Crippen LogP contribution in [0.25, 0.3) is 0 Å². The van der Waals surface area contributed by atoms with Gasteiger partial charge in [0.05, 0.1) is 19.6 Å². The molecule has 0 spiro atoms. The van der Waals surface area contributed by atoms with E-state index in [1.807, 2.05) is 24.3 Å². The highest BCUT2D eigenvalue weighted by atomic mass is 16.5. The van der Waals surface area contributed by atoms with Crippen LogP contribution in [0.15, 0.2) is 24.3 Å². The fourth-order valence-electron chi connectivity index (χ4n) is 1.84. The summed E-state index contributed by atoms with van der Waals surface area (Å²) in [5.41, 5.74) is 1.27. The number of nitrogens with one attached hydrogen (secondary N) is 2. The van der Waals surface area contributed by atoms with Gasteiger partial charge in [0, 0.05) is 7.05 Å². The zero-order valence-electron chi connectivity index (χ0n) is 15.2. The van der Waals surface area contributed by atoms with E-state index in [4.69, 9.17) is 9.47 Å². The van der Waals surface area contributed by atoms with Gasteiger partial charge in [-0.1, -0.05) is 32.9 Å². The molecule has 0 aliphatic carbocycles. The van der Waals surface area contributed by atoms with Crippen molar-refractivity contribution < 1.29 is 23.9 Å². The summed E-state index contributed by atoms with van der Waals surface area (Å²) in [6.07, 6.45) is 0.0315. The van der Waals surface area contributed by atoms with Gasteiger partial charge in [0.15, 0.2) is 6.61 Å². The topological polar surface area (TPSA) is 93.7 Å². The van der Waals surface area contributed by atoms with Crippen LogP contribution in [-0.2, 0) is 24.5 Å². The van der Waals surface area contributed by atoms with Crippen molar-refractivity contribution in [3.8, 4) is 5.75 Å². The molecule has 1 rings (SSSR count). The average molecular weight is 350 g/mol. The van der Waals surface area contributed by atoms with Crippen LogP contribution in [0, 0.1) is 0 Å². The van der Waals surface area contributed by atoms with Gasteiger partial charge in [-0.2, -0.15) is 0 Å². The van der Waals surface area contributed by atoms with E-state index in [1.165, 1.54) is 12.6 Å².